The number of piperidine rings is 1. The van der Waals surface area contributed by atoms with E-state index in [0.717, 1.165) is 31.8 Å². The van der Waals surface area contributed by atoms with Crippen molar-refractivity contribution < 1.29 is 9.21 Å². The summed E-state index contributed by atoms with van der Waals surface area (Å²) in [7, 11) is 0. The van der Waals surface area contributed by atoms with E-state index in [4.69, 9.17) is 4.42 Å². The summed E-state index contributed by atoms with van der Waals surface area (Å²) in [6, 6.07) is 0. The molecule has 0 atom stereocenters. The Bertz CT molecular complexity index is 632. The fraction of sp³-hybridized carbons (Fsp3) is 0.600. The van der Waals surface area contributed by atoms with Crippen LogP contribution >= 0.6 is 11.3 Å². The van der Waals surface area contributed by atoms with Crippen LogP contribution in [0.2, 0.25) is 0 Å². The van der Waals surface area contributed by atoms with Crippen molar-refractivity contribution in [1.82, 2.24) is 20.1 Å². The van der Waals surface area contributed by atoms with Crippen molar-refractivity contribution in [1.29, 1.82) is 0 Å². The van der Waals surface area contributed by atoms with Gasteiger partial charge < -0.3 is 9.73 Å². The van der Waals surface area contributed by atoms with Crippen molar-refractivity contribution in [2.24, 2.45) is 0 Å². The van der Waals surface area contributed by atoms with E-state index >= 15 is 0 Å². The highest BCUT2D eigenvalue weighted by Gasteiger charge is 2.26. The topological polar surface area (TPSA) is 84.2 Å². The Morgan fingerprint density at radius 1 is 1.43 bits per heavy atom. The second kappa shape index (κ2) is 7.18. The number of rotatable bonds is 5. The van der Waals surface area contributed by atoms with E-state index in [1.807, 2.05) is 19.2 Å². The summed E-state index contributed by atoms with van der Waals surface area (Å²) < 4.78 is 5.74. The number of carbonyl (C=O) groups is 1. The molecule has 1 N–H and O–H groups in total. The maximum atomic E-state index is 12.0. The summed E-state index contributed by atoms with van der Waals surface area (Å²) in [6.07, 6.45) is 3.55. The highest BCUT2D eigenvalue weighted by molar-refractivity contribution is 7.13. The summed E-state index contributed by atoms with van der Waals surface area (Å²) >= 11 is 1.43. The minimum Gasteiger partial charge on any atom is -0.425 e. The third-order valence-electron chi connectivity index (χ3n) is 3.93. The normalized spacial score (nSPS) is 16.8. The van der Waals surface area contributed by atoms with Gasteiger partial charge in [-0.15, -0.1) is 21.5 Å². The summed E-state index contributed by atoms with van der Waals surface area (Å²) in [5.41, 5.74) is 0. The highest BCUT2D eigenvalue weighted by atomic mass is 32.1. The van der Waals surface area contributed by atoms with Crippen LogP contribution in [0.5, 0.6) is 0 Å². The molecule has 0 aromatic carbocycles. The van der Waals surface area contributed by atoms with Crippen molar-refractivity contribution in [3.05, 3.63) is 23.4 Å². The predicted octanol–water partition coefficient (Wildman–Crippen LogP) is 2.47. The molecule has 2 aromatic heterocycles. The van der Waals surface area contributed by atoms with Gasteiger partial charge in [0.05, 0.1) is 6.54 Å². The van der Waals surface area contributed by atoms with Gasteiger partial charge in [-0.2, -0.15) is 0 Å². The van der Waals surface area contributed by atoms with Gasteiger partial charge in [-0.05, 0) is 25.9 Å². The Kier molecular flexibility index (Phi) is 5.02. The van der Waals surface area contributed by atoms with E-state index < -0.39 is 0 Å². The van der Waals surface area contributed by atoms with Crippen LogP contribution in [0, 0.1) is 0 Å². The number of likely N-dealkylation sites (tertiary alicyclic amines) is 1. The lowest BCUT2D eigenvalue weighted by atomic mass is 9.97. The molecule has 124 valence electrons. The molecule has 0 spiro atoms. The van der Waals surface area contributed by atoms with E-state index in [1.54, 1.807) is 6.20 Å². The SMILES string of the molecule is CC(C)c1nnc(C2CCN(CC(=O)Nc3nccs3)CC2)o1. The third kappa shape index (κ3) is 4.14. The average Bonchev–Trinajstić information content (AvgIpc) is 3.19. The lowest BCUT2D eigenvalue weighted by Gasteiger charge is -2.29. The first-order valence-electron chi connectivity index (χ1n) is 7.87. The van der Waals surface area contributed by atoms with Gasteiger partial charge in [0.15, 0.2) is 5.13 Å². The van der Waals surface area contributed by atoms with E-state index in [9.17, 15) is 4.79 Å². The first-order valence-corrected chi connectivity index (χ1v) is 8.74. The van der Waals surface area contributed by atoms with Gasteiger partial charge in [0.1, 0.15) is 0 Å². The molecular formula is C15H21N5O2S. The molecule has 8 heteroatoms. The number of thiazole rings is 1. The van der Waals surface area contributed by atoms with Crippen molar-refractivity contribution in [2.45, 2.75) is 38.5 Å². The minimum atomic E-state index is -0.0155. The zero-order chi connectivity index (χ0) is 16.2. The van der Waals surface area contributed by atoms with E-state index in [2.05, 4.69) is 25.4 Å². The third-order valence-corrected chi connectivity index (χ3v) is 4.62. The van der Waals surface area contributed by atoms with Gasteiger partial charge in [0.25, 0.3) is 0 Å². The molecule has 0 unspecified atom stereocenters. The van der Waals surface area contributed by atoms with Crippen LogP contribution in [-0.4, -0.2) is 45.6 Å². The minimum absolute atomic E-state index is 0.0155. The molecule has 1 fully saturated rings. The Labute approximate surface area is 139 Å². The molecule has 1 saturated heterocycles. The molecule has 7 nitrogen and oxygen atoms in total. The van der Waals surface area contributed by atoms with Gasteiger partial charge in [0.2, 0.25) is 17.7 Å². The van der Waals surface area contributed by atoms with Crippen molar-refractivity contribution in [2.75, 3.05) is 25.0 Å². The predicted molar refractivity (Wildman–Crippen MR) is 87.5 cm³/mol. The molecule has 23 heavy (non-hydrogen) atoms. The Morgan fingerprint density at radius 2 is 2.22 bits per heavy atom. The van der Waals surface area contributed by atoms with Gasteiger partial charge in [-0.1, -0.05) is 13.8 Å². The fourth-order valence-electron chi connectivity index (χ4n) is 2.63. The number of nitrogens with zero attached hydrogens (tertiary/aromatic N) is 4. The zero-order valence-corrected chi connectivity index (χ0v) is 14.2. The lowest BCUT2D eigenvalue weighted by Crippen LogP contribution is -2.38. The second-order valence-corrected chi connectivity index (χ2v) is 6.96. The molecule has 1 amide bonds. The zero-order valence-electron chi connectivity index (χ0n) is 13.4. The summed E-state index contributed by atoms with van der Waals surface area (Å²) in [4.78, 5) is 18.2. The van der Waals surface area contributed by atoms with Gasteiger partial charge >= 0.3 is 0 Å². The first kappa shape index (κ1) is 16.1. The first-order chi connectivity index (χ1) is 11.1. The standard InChI is InChI=1S/C15H21N5O2S/c1-10(2)13-18-19-14(22-13)11-3-6-20(7-4-11)9-12(21)17-15-16-5-8-23-15/h5,8,10-11H,3-4,6-7,9H2,1-2H3,(H,16,17,21). The maximum Gasteiger partial charge on any atom is 0.240 e. The molecule has 0 saturated carbocycles. The summed E-state index contributed by atoms with van der Waals surface area (Å²) in [6.45, 7) is 6.19. The molecule has 2 aromatic rings. The number of amides is 1. The number of hydrogen-bond acceptors (Lipinski definition) is 7. The van der Waals surface area contributed by atoms with E-state index in [1.165, 1.54) is 11.3 Å². The summed E-state index contributed by atoms with van der Waals surface area (Å²) in [5, 5.41) is 13.6. The lowest BCUT2D eigenvalue weighted by molar-refractivity contribution is -0.117. The Morgan fingerprint density at radius 3 is 2.83 bits per heavy atom. The van der Waals surface area contributed by atoms with Gasteiger partial charge in [0, 0.05) is 23.4 Å². The van der Waals surface area contributed by atoms with Crippen molar-refractivity contribution in [3.8, 4) is 0 Å². The number of aromatic nitrogens is 3. The smallest absolute Gasteiger partial charge is 0.240 e. The Hall–Kier alpha value is -1.80. The summed E-state index contributed by atoms with van der Waals surface area (Å²) in [5.74, 6) is 1.98. The van der Waals surface area contributed by atoms with Crippen LogP contribution in [0.4, 0.5) is 5.13 Å². The fourth-order valence-corrected chi connectivity index (χ4v) is 3.18. The van der Waals surface area contributed by atoms with E-state index in [-0.39, 0.29) is 11.8 Å². The second-order valence-electron chi connectivity index (χ2n) is 6.07. The van der Waals surface area contributed by atoms with Gasteiger partial charge in [-0.3, -0.25) is 9.69 Å². The van der Waals surface area contributed by atoms with Crippen molar-refractivity contribution >= 4 is 22.4 Å². The van der Waals surface area contributed by atoms with Crippen LogP contribution in [-0.2, 0) is 4.79 Å². The number of carbonyl (C=O) groups excluding carboxylic acids is 1. The molecule has 0 bridgehead atoms. The van der Waals surface area contributed by atoms with Gasteiger partial charge in [-0.25, -0.2) is 4.98 Å². The molecule has 3 heterocycles. The van der Waals surface area contributed by atoms with Crippen LogP contribution in [0.15, 0.2) is 16.0 Å². The van der Waals surface area contributed by atoms with Crippen LogP contribution in [0.1, 0.15) is 50.3 Å². The number of hydrogen-bond donors (Lipinski definition) is 1. The number of nitrogens with one attached hydrogen (secondary N) is 1. The van der Waals surface area contributed by atoms with E-state index in [0.29, 0.717) is 23.5 Å². The van der Waals surface area contributed by atoms with Crippen LogP contribution in [0.25, 0.3) is 0 Å². The molecule has 0 aliphatic carbocycles. The molecule has 0 radical (unpaired) electrons. The van der Waals surface area contributed by atoms with Crippen LogP contribution < -0.4 is 5.32 Å². The molecule has 1 aliphatic heterocycles. The van der Waals surface area contributed by atoms with Crippen molar-refractivity contribution in [3.63, 3.8) is 0 Å². The monoisotopic (exact) mass is 335 g/mol. The Balaban J connectivity index is 1.47. The maximum absolute atomic E-state index is 12.0. The van der Waals surface area contributed by atoms with Crippen LogP contribution in [0.3, 0.4) is 0 Å². The number of anilines is 1. The molecule has 1 aliphatic rings. The highest BCUT2D eigenvalue weighted by Crippen LogP contribution is 2.28. The molecule has 3 rings (SSSR count). The largest absolute Gasteiger partial charge is 0.425 e. The quantitative estimate of drug-likeness (QED) is 0.903. The molecular weight excluding hydrogens is 314 g/mol. The average molecular weight is 335 g/mol.